The lowest BCUT2D eigenvalue weighted by molar-refractivity contribution is -0.121. The van der Waals surface area contributed by atoms with Crippen LogP contribution in [0.4, 0.5) is 0 Å². The van der Waals surface area contributed by atoms with Crippen LogP contribution in [0.25, 0.3) is 0 Å². The second-order valence-electron chi connectivity index (χ2n) is 4.89. The minimum Gasteiger partial charge on any atom is -0.352 e. The number of hydrogen-bond acceptors (Lipinski definition) is 1. The molecule has 1 amide bonds. The van der Waals surface area contributed by atoms with Gasteiger partial charge in [-0.05, 0) is 18.1 Å². The van der Waals surface area contributed by atoms with Crippen molar-refractivity contribution in [1.82, 2.24) is 5.32 Å². The molecule has 0 atom stereocenters. The van der Waals surface area contributed by atoms with E-state index in [4.69, 9.17) is 0 Å². The number of carbonyl (C=O) groups excluding carboxylic acids is 1. The third-order valence-electron chi connectivity index (χ3n) is 3.19. The zero-order valence-electron chi connectivity index (χ0n) is 11.8. The van der Waals surface area contributed by atoms with Gasteiger partial charge in [0.2, 0.25) is 5.91 Å². The van der Waals surface area contributed by atoms with Crippen LogP contribution in [0.5, 0.6) is 0 Å². The molecule has 1 aromatic rings. The molecule has 0 bridgehead atoms. The molecule has 0 heterocycles. The number of rotatable bonds is 9. The number of hydrogen-bond donors (Lipinski definition) is 1. The van der Waals surface area contributed by atoms with Crippen molar-refractivity contribution in [2.75, 3.05) is 0 Å². The lowest BCUT2D eigenvalue weighted by Crippen LogP contribution is -2.22. The molecule has 3 heteroatoms. The van der Waals surface area contributed by atoms with Crippen LogP contribution in [0.3, 0.4) is 0 Å². The predicted octanol–water partition coefficient (Wildman–Crippen LogP) is 4.82. The van der Waals surface area contributed by atoms with Crippen LogP contribution in [-0.2, 0) is 11.3 Å². The summed E-state index contributed by atoms with van der Waals surface area (Å²) in [6, 6.07) is 7.98. The summed E-state index contributed by atoms with van der Waals surface area (Å²) in [6.07, 6.45) is 7.96. The van der Waals surface area contributed by atoms with Crippen molar-refractivity contribution in [3.8, 4) is 0 Å². The molecular weight excluding hydrogens is 302 g/mol. The number of halogens is 1. The van der Waals surface area contributed by atoms with E-state index in [0.717, 1.165) is 16.5 Å². The first-order valence-corrected chi connectivity index (χ1v) is 8.03. The predicted molar refractivity (Wildman–Crippen MR) is 84.0 cm³/mol. The van der Waals surface area contributed by atoms with Crippen LogP contribution in [-0.4, -0.2) is 5.91 Å². The van der Waals surface area contributed by atoms with Crippen molar-refractivity contribution in [2.45, 2.75) is 58.4 Å². The second kappa shape index (κ2) is 10.0. The van der Waals surface area contributed by atoms with Gasteiger partial charge in [-0.25, -0.2) is 0 Å². The molecule has 0 unspecified atom stereocenters. The van der Waals surface area contributed by atoms with E-state index in [0.29, 0.717) is 13.0 Å². The first-order valence-electron chi connectivity index (χ1n) is 7.24. The Bertz CT molecular complexity index is 379. The van der Waals surface area contributed by atoms with E-state index in [1.54, 1.807) is 0 Å². The number of unbranched alkanes of at least 4 members (excludes halogenated alkanes) is 5. The van der Waals surface area contributed by atoms with Gasteiger partial charge in [-0.3, -0.25) is 4.79 Å². The molecule has 0 aliphatic rings. The van der Waals surface area contributed by atoms with Gasteiger partial charge in [0, 0.05) is 17.4 Å². The third-order valence-corrected chi connectivity index (χ3v) is 3.96. The summed E-state index contributed by atoms with van der Waals surface area (Å²) in [6.45, 7) is 2.82. The molecule has 0 fully saturated rings. The Balaban J connectivity index is 2.10. The summed E-state index contributed by atoms with van der Waals surface area (Å²) in [5.74, 6) is 0.159. The van der Waals surface area contributed by atoms with Gasteiger partial charge in [-0.2, -0.15) is 0 Å². The van der Waals surface area contributed by atoms with Gasteiger partial charge in [0.15, 0.2) is 0 Å². The molecule has 0 saturated carbocycles. The fourth-order valence-electron chi connectivity index (χ4n) is 1.99. The zero-order valence-corrected chi connectivity index (χ0v) is 13.3. The summed E-state index contributed by atoms with van der Waals surface area (Å²) < 4.78 is 1.05. The number of benzene rings is 1. The Hall–Kier alpha value is -0.830. The van der Waals surface area contributed by atoms with Gasteiger partial charge < -0.3 is 5.32 Å². The summed E-state index contributed by atoms with van der Waals surface area (Å²) in [4.78, 5) is 11.7. The maximum atomic E-state index is 11.7. The van der Waals surface area contributed by atoms with Crippen molar-refractivity contribution in [1.29, 1.82) is 0 Å². The molecule has 0 aliphatic heterocycles. The molecule has 0 aliphatic carbocycles. The summed E-state index contributed by atoms with van der Waals surface area (Å²) >= 11 is 3.48. The smallest absolute Gasteiger partial charge is 0.220 e. The molecule has 0 radical (unpaired) electrons. The number of amides is 1. The van der Waals surface area contributed by atoms with Gasteiger partial charge in [0.05, 0.1) is 0 Å². The highest BCUT2D eigenvalue weighted by atomic mass is 79.9. The van der Waals surface area contributed by atoms with Crippen molar-refractivity contribution >= 4 is 21.8 Å². The van der Waals surface area contributed by atoms with Gasteiger partial charge >= 0.3 is 0 Å². The molecule has 2 nitrogen and oxygen atoms in total. The van der Waals surface area contributed by atoms with E-state index in [2.05, 4.69) is 28.2 Å². The standard InChI is InChI=1S/C16H24BrNO/c1-2-3-4-5-6-7-12-16(19)18-13-14-10-8-9-11-15(14)17/h8-11H,2-7,12-13H2,1H3,(H,18,19). The summed E-state index contributed by atoms with van der Waals surface area (Å²) in [7, 11) is 0. The summed E-state index contributed by atoms with van der Waals surface area (Å²) in [5.41, 5.74) is 1.12. The minimum atomic E-state index is 0.159. The average molecular weight is 326 g/mol. The molecular formula is C16H24BrNO. The Labute approximate surface area is 125 Å². The minimum absolute atomic E-state index is 0.159. The van der Waals surface area contributed by atoms with Crippen molar-refractivity contribution in [2.24, 2.45) is 0 Å². The van der Waals surface area contributed by atoms with Crippen LogP contribution < -0.4 is 5.32 Å². The maximum Gasteiger partial charge on any atom is 0.220 e. The van der Waals surface area contributed by atoms with E-state index < -0.39 is 0 Å². The normalized spacial score (nSPS) is 10.4. The molecule has 0 spiro atoms. The highest BCUT2D eigenvalue weighted by Gasteiger charge is 2.03. The van der Waals surface area contributed by atoms with Gasteiger partial charge in [0.25, 0.3) is 0 Å². The van der Waals surface area contributed by atoms with Gasteiger partial charge in [0.1, 0.15) is 0 Å². The Kier molecular flexibility index (Phi) is 8.55. The van der Waals surface area contributed by atoms with Crippen molar-refractivity contribution in [3.63, 3.8) is 0 Å². The third kappa shape index (κ3) is 7.36. The topological polar surface area (TPSA) is 29.1 Å². The first kappa shape index (κ1) is 16.2. The average Bonchev–Trinajstić information content (AvgIpc) is 2.42. The first-order chi connectivity index (χ1) is 9.24. The second-order valence-corrected chi connectivity index (χ2v) is 5.74. The van der Waals surface area contributed by atoms with Crippen LogP contribution in [0.2, 0.25) is 0 Å². The van der Waals surface area contributed by atoms with E-state index in [1.165, 1.54) is 32.1 Å². The molecule has 1 rings (SSSR count). The highest BCUT2D eigenvalue weighted by molar-refractivity contribution is 9.10. The molecule has 19 heavy (non-hydrogen) atoms. The quantitative estimate of drug-likeness (QED) is 0.648. The Morgan fingerprint density at radius 2 is 1.79 bits per heavy atom. The van der Waals surface area contributed by atoms with Crippen molar-refractivity contribution in [3.05, 3.63) is 34.3 Å². The zero-order chi connectivity index (χ0) is 13.9. The largest absolute Gasteiger partial charge is 0.352 e. The van der Waals surface area contributed by atoms with E-state index in [1.807, 2.05) is 24.3 Å². The van der Waals surface area contributed by atoms with E-state index >= 15 is 0 Å². The fourth-order valence-corrected chi connectivity index (χ4v) is 2.41. The maximum absolute atomic E-state index is 11.7. The monoisotopic (exact) mass is 325 g/mol. The van der Waals surface area contributed by atoms with Gasteiger partial charge in [-0.15, -0.1) is 0 Å². The van der Waals surface area contributed by atoms with Crippen LogP contribution in [0.15, 0.2) is 28.7 Å². The SMILES string of the molecule is CCCCCCCCC(=O)NCc1ccccc1Br. The van der Waals surface area contributed by atoms with Crippen LogP contribution in [0, 0.1) is 0 Å². The molecule has 0 aromatic heterocycles. The lowest BCUT2D eigenvalue weighted by Gasteiger charge is -2.07. The molecule has 106 valence electrons. The molecule has 1 N–H and O–H groups in total. The Morgan fingerprint density at radius 1 is 1.11 bits per heavy atom. The number of carbonyl (C=O) groups is 1. The fraction of sp³-hybridized carbons (Fsp3) is 0.562. The van der Waals surface area contributed by atoms with Crippen molar-refractivity contribution < 1.29 is 4.79 Å². The van der Waals surface area contributed by atoms with Crippen LogP contribution >= 0.6 is 15.9 Å². The lowest BCUT2D eigenvalue weighted by atomic mass is 10.1. The Morgan fingerprint density at radius 3 is 2.53 bits per heavy atom. The molecule has 1 aromatic carbocycles. The van der Waals surface area contributed by atoms with Gasteiger partial charge in [-0.1, -0.05) is 73.2 Å². The molecule has 0 saturated heterocycles. The highest BCUT2D eigenvalue weighted by Crippen LogP contribution is 2.15. The van der Waals surface area contributed by atoms with E-state index in [9.17, 15) is 4.79 Å². The summed E-state index contributed by atoms with van der Waals surface area (Å²) in [5, 5.41) is 2.97. The van der Waals surface area contributed by atoms with E-state index in [-0.39, 0.29) is 5.91 Å². The van der Waals surface area contributed by atoms with Crippen LogP contribution in [0.1, 0.15) is 57.4 Å². The number of nitrogens with one attached hydrogen (secondary N) is 1.